The van der Waals surface area contributed by atoms with Crippen molar-refractivity contribution in [1.29, 1.82) is 0 Å². The highest BCUT2D eigenvalue weighted by Gasteiger charge is 2.27. The van der Waals surface area contributed by atoms with E-state index in [0.29, 0.717) is 6.42 Å². The highest BCUT2D eigenvalue weighted by molar-refractivity contribution is 5.94. The smallest absolute Gasteiger partial charge is 0.342 e. The van der Waals surface area contributed by atoms with Crippen molar-refractivity contribution in [2.75, 3.05) is 13.7 Å². The van der Waals surface area contributed by atoms with Crippen molar-refractivity contribution in [2.45, 2.75) is 33.2 Å². The molecule has 0 unspecified atom stereocenters. The Hall–Kier alpha value is -2.57. The lowest BCUT2D eigenvalue weighted by Crippen LogP contribution is -2.47. The summed E-state index contributed by atoms with van der Waals surface area (Å²) in [7, 11) is 1.24. The Morgan fingerprint density at radius 2 is 1.96 bits per heavy atom. The fraction of sp³-hybridized carbons (Fsp3) is 0.471. The number of ether oxygens (including phenoxy) is 2. The fourth-order valence-electron chi connectivity index (χ4n) is 2.03. The molecule has 0 spiro atoms. The van der Waals surface area contributed by atoms with Crippen LogP contribution >= 0.6 is 0 Å². The Labute approximate surface area is 141 Å². The Balaban J connectivity index is 2.64. The summed E-state index contributed by atoms with van der Waals surface area (Å²) in [6.45, 7) is 4.89. The van der Waals surface area contributed by atoms with Crippen molar-refractivity contribution < 1.29 is 29.0 Å². The summed E-state index contributed by atoms with van der Waals surface area (Å²) >= 11 is 0. The molecule has 2 N–H and O–H groups in total. The van der Waals surface area contributed by atoms with Crippen LogP contribution in [-0.4, -0.2) is 42.7 Å². The SMILES string of the molecule is CC[C@H](C)[C@H](NC(=O)COC(=O)c1ccc(C)cc1O)C(=O)OC. The Kier molecular flexibility index (Phi) is 7.23. The summed E-state index contributed by atoms with van der Waals surface area (Å²) in [5.41, 5.74) is 0.760. The standard InChI is InChI=1S/C17H23NO6/c1-5-11(3)15(17(22)23-4)18-14(20)9-24-16(21)12-7-6-10(2)8-13(12)19/h6-8,11,15,19H,5,9H2,1-4H3,(H,18,20)/t11-,15-/m0/s1. The molecule has 0 aliphatic rings. The van der Waals surface area contributed by atoms with Crippen LogP contribution in [0.15, 0.2) is 18.2 Å². The predicted molar refractivity (Wildman–Crippen MR) is 86.5 cm³/mol. The third-order valence-electron chi connectivity index (χ3n) is 3.69. The minimum Gasteiger partial charge on any atom is -0.507 e. The minimum absolute atomic E-state index is 0.0279. The molecule has 0 aromatic heterocycles. The Morgan fingerprint density at radius 1 is 1.29 bits per heavy atom. The van der Waals surface area contributed by atoms with E-state index in [1.165, 1.54) is 19.2 Å². The van der Waals surface area contributed by atoms with Crippen molar-refractivity contribution in [2.24, 2.45) is 5.92 Å². The number of hydrogen-bond acceptors (Lipinski definition) is 6. The number of carbonyl (C=O) groups is 3. The molecule has 1 aromatic carbocycles. The van der Waals surface area contributed by atoms with Crippen molar-refractivity contribution >= 4 is 17.8 Å². The molecule has 0 radical (unpaired) electrons. The maximum Gasteiger partial charge on any atom is 0.342 e. The van der Waals surface area contributed by atoms with Crippen LogP contribution in [0.2, 0.25) is 0 Å². The minimum atomic E-state index is -0.819. The number of hydrogen-bond donors (Lipinski definition) is 2. The van der Waals surface area contributed by atoms with Gasteiger partial charge in [-0.15, -0.1) is 0 Å². The number of carbonyl (C=O) groups excluding carboxylic acids is 3. The molecule has 132 valence electrons. The van der Waals surface area contributed by atoms with Gasteiger partial charge in [0.25, 0.3) is 5.91 Å². The first kappa shape index (κ1) is 19.5. The van der Waals surface area contributed by atoms with Gasteiger partial charge in [-0.3, -0.25) is 4.79 Å². The zero-order chi connectivity index (χ0) is 18.3. The van der Waals surface area contributed by atoms with Gasteiger partial charge in [0.2, 0.25) is 0 Å². The maximum absolute atomic E-state index is 11.9. The second kappa shape index (κ2) is 8.90. The molecule has 1 aromatic rings. The molecule has 24 heavy (non-hydrogen) atoms. The van der Waals surface area contributed by atoms with Crippen LogP contribution in [0.1, 0.15) is 36.2 Å². The van der Waals surface area contributed by atoms with E-state index in [2.05, 4.69) is 10.1 Å². The first-order chi connectivity index (χ1) is 11.3. The number of nitrogens with one attached hydrogen (secondary N) is 1. The van der Waals surface area contributed by atoms with E-state index in [1.54, 1.807) is 19.9 Å². The summed E-state index contributed by atoms with van der Waals surface area (Å²) in [5.74, 6) is -2.34. The van der Waals surface area contributed by atoms with E-state index in [9.17, 15) is 19.5 Å². The van der Waals surface area contributed by atoms with Crippen LogP contribution in [0.5, 0.6) is 5.75 Å². The fourth-order valence-corrected chi connectivity index (χ4v) is 2.03. The van der Waals surface area contributed by atoms with Crippen molar-refractivity contribution in [3.63, 3.8) is 0 Å². The third-order valence-corrected chi connectivity index (χ3v) is 3.69. The Bertz CT molecular complexity index is 613. The zero-order valence-electron chi connectivity index (χ0n) is 14.3. The summed E-state index contributed by atoms with van der Waals surface area (Å²) < 4.78 is 9.54. The van der Waals surface area contributed by atoms with Gasteiger partial charge in [-0.2, -0.15) is 0 Å². The van der Waals surface area contributed by atoms with Gasteiger partial charge in [0.15, 0.2) is 6.61 Å². The second-order valence-corrected chi connectivity index (χ2v) is 5.55. The number of aryl methyl sites for hydroxylation is 1. The molecule has 0 heterocycles. The first-order valence-corrected chi connectivity index (χ1v) is 7.64. The van der Waals surface area contributed by atoms with Crippen molar-refractivity contribution in [1.82, 2.24) is 5.32 Å². The van der Waals surface area contributed by atoms with Gasteiger partial charge in [0, 0.05) is 0 Å². The van der Waals surface area contributed by atoms with Gasteiger partial charge in [-0.1, -0.05) is 26.3 Å². The molecule has 1 amide bonds. The van der Waals surface area contributed by atoms with Crippen LogP contribution in [0.4, 0.5) is 0 Å². The van der Waals surface area contributed by atoms with Gasteiger partial charge in [0.05, 0.1) is 7.11 Å². The van der Waals surface area contributed by atoms with E-state index in [4.69, 9.17) is 4.74 Å². The molecule has 1 rings (SSSR count). The number of benzene rings is 1. The van der Waals surface area contributed by atoms with Gasteiger partial charge in [-0.25, -0.2) is 9.59 Å². The van der Waals surface area contributed by atoms with E-state index in [1.807, 2.05) is 6.92 Å². The lowest BCUT2D eigenvalue weighted by atomic mass is 9.99. The highest BCUT2D eigenvalue weighted by atomic mass is 16.5. The van der Waals surface area contributed by atoms with Crippen LogP contribution < -0.4 is 5.32 Å². The molecule has 2 atom stereocenters. The molecule has 0 aliphatic heterocycles. The van der Waals surface area contributed by atoms with Crippen molar-refractivity contribution in [3.05, 3.63) is 29.3 Å². The van der Waals surface area contributed by atoms with Crippen LogP contribution in [0, 0.1) is 12.8 Å². The summed E-state index contributed by atoms with van der Waals surface area (Å²) in [4.78, 5) is 35.5. The number of phenolic OH excluding ortho intramolecular Hbond substituents is 1. The summed E-state index contributed by atoms with van der Waals surface area (Å²) in [6, 6.07) is 3.68. The second-order valence-electron chi connectivity index (χ2n) is 5.55. The van der Waals surface area contributed by atoms with E-state index in [0.717, 1.165) is 5.56 Å². The monoisotopic (exact) mass is 337 g/mol. The van der Waals surface area contributed by atoms with Crippen molar-refractivity contribution in [3.8, 4) is 5.75 Å². The number of aromatic hydroxyl groups is 1. The molecular weight excluding hydrogens is 314 g/mol. The molecule has 7 nitrogen and oxygen atoms in total. The molecule has 0 saturated carbocycles. The quantitative estimate of drug-likeness (QED) is 0.732. The van der Waals surface area contributed by atoms with Crippen LogP contribution in [-0.2, 0) is 19.1 Å². The summed E-state index contributed by atoms with van der Waals surface area (Å²) in [5, 5.41) is 12.2. The van der Waals surface area contributed by atoms with E-state index >= 15 is 0 Å². The summed E-state index contributed by atoms with van der Waals surface area (Å²) in [6.07, 6.45) is 0.664. The number of methoxy groups -OCH3 is 1. The zero-order valence-corrected chi connectivity index (χ0v) is 14.3. The molecule has 0 aliphatic carbocycles. The topological polar surface area (TPSA) is 102 Å². The largest absolute Gasteiger partial charge is 0.507 e. The third kappa shape index (κ3) is 5.26. The molecule has 0 fully saturated rings. The average Bonchev–Trinajstić information content (AvgIpc) is 2.56. The molecule has 7 heteroatoms. The van der Waals surface area contributed by atoms with Gasteiger partial charge < -0.3 is 19.9 Å². The highest BCUT2D eigenvalue weighted by Crippen LogP contribution is 2.19. The number of amides is 1. The Morgan fingerprint density at radius 3 is 2.50 bits per heavy atom. The normalized spacial score (nSPS) is 12.8. The van der Waals surface area contributed by atoms with Crippen LogP contribution in [0.3, 0.4) is 0 Å². The first-order valence-electron chi connectivity index (χ1n) is 7.64. The molecule has 0 bridgehead atoms. The van der Waals surface area contributed by atoms with Gasteiger partial charge >= 0.3 is 11.9 Å². The average molecular weight is 337 g/mol. The number of esters is 2. The van der Waals surface area contributed by atoms with Crippen LogP contribution in [0.25, 0.3) is 0 Å². The number of phenols is 1. The van der Waals surface area contributed by atoms with Gasteiger partial charge in [0.1, 0.15) is 17.4 Å². The lowest BCUT2D eigenvalue weighted by Gasteiger charge is -2.21. The number of rotatable bonds is 7. The lowest BCUT2D eigenvalue weighted by molar-refractivity contribution is -0.147. The van der Waals surface area contributed by atoms with Gasteiger partial charge in [-0.05, 0) is 30.5 Å². The molecular formula is C17H23NO6. The maximum atomic E-state index is 11.9. The van der Waals surface area contributed by atoms with E-state index in [-0.39, 0.29) is 17.2 Å². The molecule has 0 saturated heterocycles. The predicted octanol–water partition coefficient (Wildman–Crippen LogP) is 1.56. The van der Waals surface area contributed by atoms with E-state index < -0.39 is 30.5 Å².